The van der Waals surface area contributed by atoms with E-state index in [9.17, 15) is 13.6 Å². The number of benzene rings is 2. The summed E-state index contributed by atoms with van der Waals surface area (Å²) >= 11 is 0. The first-order chi connectivity index (χ1) is 13.7. The van der Waals surface area contributed by atoms with E-state index in [1.54, 1.807) is 26.8 Å². The van der Waals surface area contributed by atoms with Gasteiger partial charge in [0.15, 0.2) is 0 Å². The summed E-state index contributed by atoms with van der Waals surface area (Å²) in [6, 6.07) is 14.0. The lowest BCUT2D eigenvalue weighted by Gasteiger charge is -2.24. The lowest BCUT2D eigenvalue weighted by molar-refractivity contribution is 0.0502. The van der Waals surface area contributed by atoms with Gasteiger partial charge >= 0.3 is 6.09 Å². The molecule has 0 spiro atoms. The predicted molar refractivity (Wildman–Crippen MR) is 109 cm³/mol. The van der Waals surface area contributed by atoms with Crippen LogP contribution in [0.4, 0.5) is 13.6 Å². The summed E-state index contributed by atoms with van der Waals surface area (Å²) in [6.45, 7) is 6.53. The van der Waals surface area contributed by atoms with Crippen molar-refractivity contribution in [3.05, 3.63) is 71.0 Å². The molecular weight excluding hydrogens is 374 g/mol. The number of alkyl carbamates (subject to hydrolysis) is 1. The molecule has 6 heteroatoms. The second kappa shape index (κ2) is 8.91. The molecule has 1 aliphatic heterocycles. The number of carbonyl (C=O) groups excluding carboxylic acids is 1. The number of carbonyl (C=O) groups is 1. The number of alkyl halides is 1. The highest BCUT2D eigenvalue weighted by atomic mass is 19.1. The van der Waals surface area contributed by atoms with Crippen LogP contribution in [0.3, 0.4) is 0 Å². The van der Waals surface area contributed by atoms with Crippen LogP contribution >= 0.6 is 0 Å². The zero-order valence-corrected chi connectivity index (χ0v) is 17.1. The van der Waals surface area contributed by atoms with Crippen molar-refractivity contribution in [1.29, 1.82) is 0 Å². The molecule has 2 aromatic carbocycles. The summed E-state index contributed by atoms with van der Waals surface area (Å²) in [4.78, 5) is 14.5. The lowest BCUT2D eigenvalue weighted by atomic mass is 9.92. The average Bonchev–Trinajstić information content (AvgIpc) is 3.03. The zero-order valence-electron chi connectivity index (χ0n) is 17.1. The molecule has 1 heterocycles. The summed E-state index contributed by atoms with van der Waals surface area (Å²) in [7, 11) is 0. The normalized spacial score (nSPS) is 19.9. The number of hydrogen-bond acceptors (Lipinski definition) is 3. The molecule has 1 amide bonds. The first-order valence-corrected chi connectivity index (χ1v) is 9.85. The van der Waals surface area contributed by atoms with E-state index in [-0.39, 0.29) is 17.8 Å². The summed E-state index contributed by atoms with van der Waals surface area (Å²) < 4.78 is 33.2. The minimum atomic E-state index is -0.655. The highest BCUT2D eigenvalue weighted by Gasteiger charge is 2.37. The maximum Gasteiger partial charge on any atom is 0.407 e. The van der Waals surface area contributed by atoms with Gasteiger partial charge in [0.2, 0.25) is 0 Å². The molecule has 4 nitrogen and oxygen atoms in total. The van der Waals surface area contributed by atoms with Gasteiger partial charge in [-0.05, 0) is 49.6 Å². The summed E-state index contributed by atoms with van der Waals surface area (Å²) in [5, 5.41) is 2.90. The van der Waals surface area contributed by atoms with E-state index < -0.39 is 18.4 Å². The molecule has 2 atom stereocenters. The molecule has 1 N–H and O–H groups in total. The largest absolute Gasteiger partial charge is 0.444 e. The van der Waals surface area contributed by atoms with Gasteiger partial charge < -0.3 is 10.1 Å². The number of nitrogens with zero attached hydrogens (tertiary/aromatic N) is 1. The van der Waals surface area contributed by atoms with Crippen molar-refractivity contribution in [3.63, 3.8) is 0 Å². The summed E-state index contributed by atoms with van der Waals surface area (Å²) in [5.41, 5.74) is 1.37. The number of nitrogens with one attached hydrogen (secondary N) is 1. The standard InChI is InChI=1S/C23H28F2N2O2/c1-23(2,3)29-22(28)26-21-15-27(13-16-7-5-4-6-8-16)14-19(21)18-11-17(12-24)9-10-20(18)25/h4-11,19,21H,12-15H2,1-3H3,(H,26,28)/t19-,21+/m0/s1. The van der Waals surface area contributed by atoms with Crippen LogP contribution < -0.4 is 5.32 Å². The molecule has 1 aliphatic rings. The molecule has 2 aromatic rings. The number of amides is 1. The molecule has 1 saturated heterocycles. The van der Waals surface area contributed by atoms with E-state index in [0.717, 1.165) is 5.56 Å². The van der Waals surface area contributed by atoms with E-state index in [4.69, 9.17) is 4.74 Å². The van der Waals surface area contributed by atoms with Crippen LogP contribution in [0.15, 0.2) is 48.5 Å². The molecule has 0 saturated carbocycles. The first-order valence-electron chi connectivity index (χ1n) is 9.85. The maximum absolute atomic E-state index is 14.6. The van der Waals surface area contributed by atoms with Crippen LogP contribution in [0.25, 0.3) is 0 Å². The number of halogens is 2. The quantitative estimate of drug-likeness (QED) is 0.782. The number of rotatable bonds is 5. The van der Waals surface area contributed by atoms with E-state index in [1.165, 1.54) is 12.1 Å². The Balaban J connectivity index is 1.82. The van der Waals surface area contributed by atoms with Crippen LogP contribution in [0.1, 0.15) is 43.4 Å². The van der Waals surface area contributed by atoms with Crippen molar-refractivity contribution in [3.8, 4) is 0 Å². The van der Waals surface area contributed by atoms with Gasteiger partial charge in [0, 0.05) is 25.6 Å². The minimum absolute atomic E-state index is 0.294. The first kappa shape index (κ1) is 21.2. The molecule has 0 aromatic heterocycles. The van der Waals surface area contributed by atoms with Crippen LogP contribution in [0.5, 0.6) is 0 Å². The Morgan fingerprint density at radius 2 is 1.86 bits per heavy atom. The Kier molecular flexibility index (Phi) is 6.52. The van der Waals surface area contributed by atoms with Crippen molar-refractivity contribution in [2.45, 2.75) is 51.6 Å². The number of ether oxygens (including phenoxy) is 1. The zero-order chi connectivity index (χ0) is 21.0. The lowest BCUT2D eigenvalue weighted by Crippen LogP contribution is -2.42. The number of hydrogen-bond donors (Lipinski definition) is 1. The average molecular weight is 402 g/mol. The SMILES string of the molecule is CC(C)(C)OC(=O)N[C@@H]1CN(Cc2ccccc2)C[C@H]1c1cc(CF)ccc1F. The van der Waals surface area contributed by atoms with E-state index in [1.807, 2.05) is 30.3 Å². The predicted octanol–water partition coefficient (Wildman–Crippen LogP) is 4.79. The Morgan fingerprint density at radius 3 is 2.52 bits per heavy atom. The Hall–Kier alpha value is -2.47. The van der Waals surface area contributed by atoms with Gasteiger partial charge in [0.05, 0.1) is 6.04 Å². The molecule has 0 aliphatic carbocycles. The topological polar surface area (TPSA) is 41.6 Å². The smallest absolute Gasteiger partial charge is 0.407 e. The van der Waals surface area contributed by atoms with Crippen LogP contribution in [0, 0.1) is 5.82 Å². The van der Waals surface area contributed by atoms with Crippen molar-refractivity contribution >= 4 is 6.09 Å². The van der Waals surface area contributed by atoms with Crippen LogP contribution in [-0.4, -0.2) is 35.7 Å². The maximum atomic E-state index is 14.6. The van der Waals surface area contributed by atoms with Gasteiger partial charge in [-0.15, -0.1) is 0 Å². The molecule has 3 rings (SSSR count). The monoisotopic (exact) mass is 402 g/mol. The van der Waals surface area contributed by atoms with Gasteiger partial charge in [-0.3, -0.25) is 4.90 Å². The van der Waals surface area contributed by atoms with Crippen LogP contribution in [0.2, 0.25) is 0 Å². The second-order valence-corrected chi connectivity index (χ2v) is 8.53. The second-order valence-electron chi connectivity index (χ2n) is 8.53. The Morgan fingerprint density at radius 1 is 1.14 bits per heavy atom. The molecule has 0 unspecified atom stereocenters. The third-order valence-corrected chi connectivity index (χ3v) is 4.96. The van der Waals surface area contributed by atoms with E-state index in [0.29, 0.717) is 30.8 Å². The summed E-state index contributed by atoms with van der Waals surface area (Å²) in [5.74, 6) is -0.678. The molecule has 0 radical (unpaired) electrons. The molecule has 156 valence electrons. The van der Waals surface area contributed by atoms with Gasteiger partial charge in [0.1, 0.15) is 18.1 Å². The highest BCUT2D eigenvalue weighted by molar-refractivity contribution is 5.68. The Labute approximate surface area is 170 Å². The Bertz CT molecular complexity index is 837. The van der Waals surface area contributed by atoms with Gasteiger partial charge in [-0.1, -0.05) is 36.4 Å². The van der Waals surface area contributed by atoms with E-state index >= 15 is 0 Å². The molecule has 1 fully saturated rings. The molecular formula is C23H28F2N2O2. The van der Waals surface area contributed by atoms with E-state index in [2.05, 4.69) is 10.2 Å². The van der Waals surface area contributed by atoms with Crippen molar-refractivity contribution in [1.82, 2.24) is 10.2 Å². The van der Waals surface area contributed by atoms with Gasteiger partial charge in [-0.2, -0.15) is 0 Å². The fourth-order valence-electron chi connectivity index (χ4n) is 3.74. The highest BCUT2D eigenvalue weighted by Crippen LogP contribution is 2.31. The third kappa shape index (κ3) is 5.76. The molecule has 29 heavy (non-hydrogen) atoms. The minimum Gasteiger partial charge on any atom is -0.444 e. The van der Waals surface area contributed by atoms with Crippen molar-refractivity contribution < 1.29 is 18.3 Å². The summed E-state index contributed by atoms with van der Waals surface area (Å²) in [6.07, 6.45) is -0.531. The molecule has 0 bridgehead atoms. The van der Waals surface area contributed by atoms with Gasteiger partial charge in [-0.25, -0.2) is 13.6 Å². The fraction of sp³-hybridized carbons (Fsp3) is 0.435. The fourth-order valence-corrected chi connectivity index (χ4v) is 3.74. The van der Waals surface area contributed by atoms with Crippen LogP contribution in [-0.2, 0) is 18.0 Å². The number of likely N-dealkylation sites (tertiary alicyclic amines) is 1. The van der Waals surface area contributed by atoms with Crippen molar-refractivity contribution in [2.75, 3.05) is 13.1 Å². The van der Waals surface area contributed by atoms with Gasteiger partial charge in [0.25, 0.3) is 0 Å². The van der Waals surface area contributed by atoms with Crippen molar-refractivity contribution in [2.24, 2.45) is 0 Å². The third-order valence-electron chi connectivity index (χ3n) is 4.96.